The fourth-order valence-electron chi connectivity index (χ4n) is 3.32. The molecule has 1 N–H and O–H groups in total. The molecule has 1 aliphatic carbocycles. The minimum Gasteiger partial charge on any atom is -0.390 e. The van der Waals surface area contributed by atoms with E-state index < -0.39 is 0 Å². The zero-order valence-electron chi connectivity index (χ0n) is 10.1. The van der Waals surface area contributed by atoms with E-state index in [0.717, 1.165) is 32.5 Å². The molecule has 94 valence electrons. The summed E-state index contributed by atoms with van der Waals surface area (Å²) in [5.41, 5.74) is 1.55. The molecule has 1 aromatic heterocycles. The maximum Gasteiger partial charge on any atom is 0.0794 e. The molecule has 4 heteroatoms. The van der Waals surface area contributed by atoms with E-state index in [9.17, 15) is 5.11 Å². The average Bonchev–Trinajstić information content (AvgIpc) is 2.82. The summed E-state index contributed by atoms with van der Waals surface area (Å²) in [6.45, 7) is 3.11. The molecular weight excluding hydrogens is 232 g/mol. The molecule has 2 atom stereocenters. The van der Waals surface area contributed by atoms with Gasteiger partial charge in [-0.25, -0.2) is 0 Å². The molecule has 3 rings (SSSR count). The van der Waals surface area contributed by atoms with Crippen LogP contribution in [0.25, 0.3) is 0 Å². The van der Waals surface area contributed by atoms with Crippen LogP contribution in [0.2, 0.25) is 0 Å². The summed E-state index contributed by atoms with van der Waals surface area (Å²) < 4.78 is 0. The van der Waals surface area contributed by atoms with Crippen LogP contribution in [0.15, 0.2) is 11.7 Å². The van der Waals surface area contributed by atoms with Crippen molar-refractivity contribution in [3.8, 4) is 0 Å². The first-order valence-corrected chi connectivity index (χ1v) is 7.46. The molecular formula is C13H20N2OS. The highest BCUT2D eigenvalue weighted by Crippen LogP contribution is 2.40. The molecule has 2 heterocycles. The lowest BCUT2D eigenvalue weighted by Crippen LogP contribution is -2.52. The maximum atomic E-state index is 10.6. The van der Waals surface area contributed by atoms with Crippen LogP contribution >= 0.6 is 11.3 Å². The second kappa shape index (κ2) is 4.67. The molecule has 2 unspecified atom stereocenters. The molecule has 0 aromatic carbocycles. The van der Waals surface area contributed by atoms with Gasteiger partial charge in [0.2, 0.25) is 0 Å². The highest BCUT2D eigenvalue weighted by atomic mass is 32.1. The topological polar surface area (TPSA) is 36.4 Å². The fraction of sp³-hybridized carbons (Fsp3) is 0.769. The van der Waals surface area contributed by atoms with Gasteiger partial charge in [0.05, 0.1) is 11.1 Å². The van der Waals surface area contributed by atoms with Crippen molar-refractivity contribution >= 4 is 11.3 Å². The van der Waals surface area contributed by atoms with Crippen LogP contribution < -0.4 is 0 Å². The molecule has 1 aromatic rings. The Kier molecular flexibility index (Phi) is 3.19. The van der Waals surface area contributed by atoms with E-state index in [2.05, 4.69) is 9.88 Å². The number of rotatable bonds is 2. The van der Waals surface area contributed by atoms with E-state index >= 15 is 0 Å². The summed E-state index contributed by atoms with van der Waals surface area (Å²) in [4.78, 5) is 7.95. The number of piperidine rings is 1. The van der Waals surface area contributed by atoms with Crippen molar-refractivity contribution in [2.45, 2.75) is 44.2 Å². The largest absolute Gasteiger partial charge is 0.390 e. The third kappa shape index (κ3) is 2.39. The Morgan fingerprint density at radius 2 is 2.41 bits per heavy atom. The first kappa shape index (κ1) is 11.6. The summed E-state index contributed by atoms with van der Waals surface area (Å²) in [6.07, 6.45) is 7.65. The van der Waals surface area contributed by atoms with Gasteiger partial charge in [-0.2, -0.15) is 0 Å². The van der Waals surface area contributed by atoms with E-state index in [4.69, 9.17) is 0 Å². The third-order valence-corrected chi connectivity index (χ3v) is 5.14. The van der Waals surface area contributed by atoms with Crippen LogP contribution in [0.3, 0.4) is 0 Å². The van der Waals surface area contributed by atoms with Gasteiger partial charge in [-0.3, -0.25) is 9.88 Å². The van der Waals surface area contributed by atoms with Crippen LogP contribution in [0.4, 0.5) is 0 Å². The number of thiazole rings is 1. The minimum absolute atomic E-state index is 0.345. The lowest BCUT2D eigenvalue weighted by molar-refractivity contribution is -0.0966. The van der Waals surface area contributed by atoms with Crippen molar-refractivity contribution in [1.82, 2.24) is 9.88 Å². The van der Waals surface area contributed by atoms with Crippen LogP contribution in [-0.2, 0) is 6.54 Å². The van der Waals surface area contributed by atoms with Gasteiger partial charge in [-0.15, -0.1) is 11.3 Å². The number of aliphatic hydroxyl groups is 1. The van der Waals surface area contributed by atoms with Crippen molar-refractivity contribution in [1.29, 1.82) is 0 Å². The summed E-state index contributed by atoms with van der Waals surface area (Å²) >= 11 is 1.73. The Balaban J connectivity index is 1.63. The molecule has 3 nitrogen and oxygen atoms in total. The number of nitrogens with zero attached hydrogens (tertiary/aromatic N) is 2. The average molecular weight is 252 g/mol. The first-order valence-electron chi connectivity index (χ1n) is 6.58. The monoisotopic (exact) mass is 252 g/mol. The van der Waals surface area contributed by atoms with E-state index in [1.165, 1.54) is 24.1 Å². The van der Waals surface area contributed by atoms with Gasteiger partial charge in [0.1, 0.15) is 0 Å². The van der Waals surface area contributed by atoms with Gasteiger partial charge in [0, 0.05) is 36.6 Å². The summed E-state index contributed by atoms with van der Waals surface area (Å²) in [5, 5.41) is 10.6. The highest BCUT2D eigenvalue weighted by molar-refractivity contribution is 7.09. The SMILES string of the molecule is OC12CCCCC1CN(Cc1cncs1)CC2. The molecule has 0 bridgehead atoms. The lowest BCUT2D eigenvalue weighted by atomic mass is 9.71. The number of hydrogen-bond donors (Lipinski definition) is 1. The number of aromatic nitrogens is 1. The Morgan fingerprint density at radius 1 is 1.47 bits per heavy atom. The van der Waals surface area contributed by atoms with Gasteiger partial charge in [0.15, 0.2) is 0 Å². The number of likely N-dealkylation sites (tertiary alicyclic amines) is 1. The summed E-state index contributed by atoms with van der Waals surface area (Å²) in [5.74, 6) is 0.498. The van der Waals surface area contributed by atoms with Crippen LogP contribution in [0.1, 0.15) is 37.0 Å². The molecule has 1 saturated carbocycles. The minimum atomic E-state index is -0.345. The molecule has 0 radical (unpaired) electrons. The number of hydrogen-bond acceptors (Lipinski definition) is 4. The molecule has 17 heavy (non-hydrogen) atoms. The van der Waals surface area contributed by atoms with Gasteiger partial charge in [-0.1, -0.05) is 12.8 Å². The van der Waals surface area contributed by atoms with Crippen LogP contribution in [0.5, 0.6) is 0 Å². The van der Waals surface area contributed by atoms with E-state index in [1.54, 1.807) is 11.3 Å². The quantitative estimate of drug-likeness (QED) is 0.877. The predicted octanol–water partition coefficient (Wildman–Crippen LogP) is 2.27. The molecule has 2 fully saturated rings. The fourth-order valence-corrected chi connectivity index (χ4v) is 3.96. The molecule has 1 aliphatic heterocycles. The smallest absolute Gasteiger partial charge is 0.0794 e. The van der Waals surface area contributed by atoms with Gasteiger partial charge in [0.25, 0.3) is 0 Å². The van der Waals surface area contributed by atoms with Crippen molar-refractivity contribution in [3.05, 3.63) is 16.6 Å². The first-order chi connectivity index (χ1) is 8.26. The Labute approximate surface area is 106 Å². The number of fused-ring (bicyclic) bond motifs is 1. The Morgan fingerprint density at radius 3 is 3.24 bits per heavy atom. The van der Waals surface area contributed by atoms with Gasteiger partial charge < -0.3 is 5.11 Å². The van der Waals surface area contributed by atoms with Crippen molar-refractivity contribution < 1.29 is 5.11 Å². The predicted molar refractivity (Wildman–Crippen MR) is 68.9 cm³/mol. The normalized spacial score (nSPS) is 34.5. The lowest BCUT2D eigenvalue weighted by Gasteiger charge is -2.47. The summed E-state index contributed by atoms with van der Waals surface area (Å²) in [6, 6.07) is 0. The molecule has 0 spiro atoms. The second-order valence-electron chi connectivity index (χ2n) is 5.50. The molecule has 2 aliphatic rings. The highest BCUT2D eigenvalue weighted by Gasteiger charge is 2.42. The molecule has 0 amide bonds. The second-order valence-corrected chi connectivity index (χ2v) is 6.47. The standard InChI is InChI=1S/C13H20N2OS/c16-13-4-2-1-3-11(13)8-15(6-5-13)9-12-7-14-10-17-12/h7,10-11,16H,1-6,8-9H2. The van der Waals surface area contributed by atoms with Crippen molar-refractivity contribution in [2.75, 3.05) is 13.1 Å². The molecule has 1 saturated heterocycles. The zero-order chi connectivity index (χ0) is 11.7. The van der Waals surface area contributed by atoms with Crippen molar-refractivity contribution in [2.24, 2.45) is 5.92 Å². The van der Waals surface area contributed by atoms with E-state index in [-0.39, 0.29) is 5.60 Å². The van der Waals surface area contributed by atoms with Gasteiger partial charge in [-0.05, 0) is 19.3 Å². The maximum absolute atomic E-state index is 10.6. The van der Waals surface area contributed by atoms with Crippen LogP contribution in [-0.4, -0.2) is 33.7 Å². The third-order valence-electron chi connectivity index (χ3n) is 4.37. The Hall–Kier alpha value is -0.450. The summed E-state index contributed by atoms with van der Waals surface area (Å²) in [7, 11) is 0. The van der Waals surface area contributed by atoms with E-state index in [1.807, 2.05) is 11.7 Å². The van der Waals surface area contributed by atoms with Crippen LogP contribution in [0, 0.1) is 5.92 Å². The van der Waals surface area contributed by atoms with Gasteiger partial charge >= 0.3 is 0 Å². The Bertz CT molecular complexity index is 368. The zero-order valence-corrected chi connectivity index (χ0v) is 11.0. The van der Waals surface area contributed by atoms with Crippen molar-refractivity contribution in [3.63, 3.8) is 0 Å². The van der Waals surface area contributed by atoms with E-state index in [0.29, 0.717) is 5.92 Å².